The van der Waals surface area contributed by atoms with Gasteiger partial charge in [-0.3, -0.25) is 0 Å². The van der Waals surface area contributed by atoms with Crippen LogP contribution in [0.3, 0.4) is 0 Å². The number of hydrogen-bond acceptors (Lipinski definition) is 4. The summed E-state index contributed by atoms with van der Waals surface area (Å²) in [5.41, 5.74) is 1.89. The van der Waals surface area contributed by atoms with Crippen molar-refractivity contribution >= 4 is 23.2 Å². The van der Waals surface area contributed by atoms with Crippen LogP contribution in [-0.4, -0.2) is 20.0 Å². The van der Waals surface area contributed by atoms with Crippen molar-refractivity contribution in [3.05, 3.63) is 59.4 Å². The third kappa shape index (κ3) is 2.62. The van der Waals surface area contributed by atoms with Crippen LogP contribution in [-0.2, 0) is 0 Å². The first-order chi connectivity index (χ1) is 9.72. The van der Waals surface area contributed by atoms with Crippen molar-refractivity contribution in [2.75, 3.05) is 5.32 Å². The fraction of sp³-hybridized carbons (Fsp3) is 0.0714. The van der Waals surface area contributed by atoms with E-state index >= 15 is 0 Å². The van der Waals surface area contributed by atoms with Gasteiger partial charge >= 0.3 is 0 Å². The van der Waals surface area contributed by atoms with Crippen molar-refractivity contribution in [3.63, 3.8) is 0 Å². The molecule has 6 heteroatoms. The molecule has 3 rings (SSSR count). The topological polar surface area (TPSA) is 55.6 Å². The zero-order chi connectivity index (χ0) is 13.9. The summed E-state index contributed by atoms with van der Waals surface area (Å²) in [6.07, 6.45) is 0. The van der Waals surface area contributed by atoms with Crippen molar-refractivity contribution in [1.29, 1.82) is 0 Å². The Morgan fingerprint density at radius 2 is 1.85 bits per heavy atom. The minimum absolute atomic E-state index is 0.364. The summed E-state index contributed by atoms with van der Waals surface area (Å²) in [7, 11) is 0. The number of aromatic nitrogens is 4. The van der Waals surface area contributed by atoms with Crippen molar-refractivity contribution in [2.24, 2.45) is 0 Å². The third-order valence-electron chi connectivity index (χ3n) is 2.72. The van der Waals surface area contributed by atoms with Gasteiger partial charge in [-0.25, -0.2) is 4.68 Å². The zero-order valence-corrected chi connectivity index (χ0v) is 11.5. The molecule has 0 spiro atoms. The van der Waals surface area contributed by atoms with Gasteiger partial charge in [0.05, 0.1) is 11.4 Å². The van der Waals surface area contributed by atoms with E-state index in [1.54, 1.807) is 12.1 Å². The first-order valence-electron chi connectivity index (χ1n) is 6.11. The Labute approximate surface area is 121 Å². The summed E-state index contributed by atoms with van der Waals surface area (Å²) in [4.78, 5) is 0. The van der Waals surface area contributed by atoms with Gasteiger partial charge in [-0.2, -0.15) is 5.10 Å². The molecule has 0 fully saturated rings. The highest BCUT2D eigenvalue weighted by Crippen LogP contribution is 2.20. The first-order valence-corrected chi connectivity index (χ1v) is 6.48. The van der Waals surface area contributed by atoms with Crippen molar-refractivity contribution in [2.45, 2.75) is 6.92 Å². The molecular weight excluding hydrogens is 274 g/mol. The Hall–Kier alpha value is -2.40. The van der Waals surface area contributed by atoms with Gasteiger partial charge < -0.3 is 5.32 Å². The maximum Gasteiger partial charge on any atom is 0.154 e. The van der Waals surface area contributed by atoms with Crippen LogP contribution in [0, 0.1) is 6.92 Å². The highest BCUT2D eigenvalue weighted by molar-refractivity contribution is 6.29. The summed E-state index contributed by atoms with van der Waals surface area (Å²) in [5.74, 6) is 1.44. The number of aryl methyl sites for hydroxylation is 1. The molecule has 0 unspecified atom stereocenters. The van der Waals surface area contributed by atoms with Crippen LogP contribution < -0.4 is 5.32 Å². The van der Waals surface area contributed by atoms with Crippen molar-refractivity contribution in [1.82, 2.24) is 20.0 Å². The Kier molecular flexibility index (Phi) is 3.35. The molecule has 2 aromatic heterocycles. The predicted octanol–water partition coefficient (Wildman–Crippen LogP) is 3.37. The van der Waals surface area contributed by atoms with Gasteiger partial charge in [0.15, 0.2) is 11.0 Å². The van der Waals surface area contributed by atoms with E-state index in [1.807, 2.05) is 48.0 Å². The summed E-state index contributed by atoms with van der Waals surface area (Å²) in [6, 6.07) is 15.3. The lowest BCUT2D eigenvalue weighted by molar-refractivity contribution is 0.867. The van der Waals surface area contributed by atoms with Gasteiger partial charge in [-0.1, -0.05) is 29.8 Å². The fourth-order valence-electron chi connectivity index (χ4n) is 1.87. The monoisotopic (exact) mass is 285 g/mol. The van der Waals surface area contributed by atoms with Crippen LogP contribution in [0.15, 0.2) is 48.5 Å². The van der Waals surface area contributed by atoms with Crippen LogP contribution in [0.1, 0.15) is 5.69 Å². The number of hydrogen-bond donors (Lipinski definition) is 1. The number of anilines is 2. The highest BCUT2D eigenvalue weighted by atomic mass is 35.5. The summed E-state index contributed by atoms with van der Waals surface area (Å²) < 4.78 is 1.83. The number of nitrogens with zero attached hydrogens (tertiary/aromatic N) is 4. The van der Waals surface area contributed by atoms with E-state index in [-0.39, 0.29) is 0 Å². The van der Waals surface area contributed by atoms with Gasteiger partial charge in [-0.05, 0) is 31.2 Å². The molecule has 1 aromatic carbocycles. The maximum absolute atomic E-state index is 5.73. The molecule has 100 valence electrons. The third-order valence-corrected chi connectivity index (χ3v) is 2.92. The summed E-state index contributed by atoms with van der Waals surface area (Å²) in [5, 5.41) is 15.8. The lowest BCUT2D eigenvalue weighted by Gasteiger charge is -2.08. The van der Waals surface area contributed by atoms with Crippen LogP contribution in [0.2, 0.25) is 5.15 Å². The Morgan fingerprint density at radius 3 is 2.55 bits per heavy atom. The molecule has 0 radical (unpaired) electrons. The van der Waals surface area contributed by atoms with E-state index in [2.05, 4.69) is 20.6 Å². The molecule has 3 aromatic rings. The predicted molar refractivity (Wildman–Crippen MR) is 78.6 cm³/mol. The molecule has 2 heterocycles. The minimum atomic E-state index is 0.364. The van der Waals surface area contributed by atoms with Crippen LogP contribution >= 0.6 is 11.6 Å². The molecule has 0 aliphatic carbocycles. The molecule has 20 heavy (non-hydrogen) atoms. The second kappa shape index (κ2) is 5.30. The van der Waals surface area contributed by atoms with Crippen LogP contribution in [0.5, 0.6) is 0 Å². The highest BCUT2D eigenvalue weighted by Gasteiger charge is 2.08. The summed E-state index contributed by atoms with van der Waals surface area (Å²) >= 11 is 5.73. The lowest BCUT2D eigenvalue weighted by atomic mass is 10.3. The van der Waals surface area contributed by atoms with Crippen LogP contribution in [0.4, 0.5) is 11.6 Å². The Balaban J connectivity index is 1.96. The van der Waals surface area contributed by atoms with E-state index in [4.69, 9.17) is 11.6 Å². The zero-order valence-electron chi connectivity index (χ0n) is 10.8. The first kappa shape index (κ1) is 12.6. The van der Waals surface area contributed by atoms with Gasteiger partial charge in [0.2, 0.25) is 0 Å². The number of nitrogens with one attached hydrogen (secondary N) is 1. The number of rotatable bonds is 3. The quantitative estimate of drug-likeness (QED) is 0.801. The molecule has 0 aliphatic rings. The van der Waals surface area contributed by atoms with E-state index in [9.17, 15) is 0 Å². The maximum atomic E-state index is 5.73. The molecule has 0 saturated heterocycles. The number of benzene rings is 1. The van der Waals surface area contributed by atoms with Gasteiger partial charge in [-0.15, -0.1) is 10.2 Å². The molecule has 0 amide bonds. The second-order valence-electron chi connectivity index (χ2n) is 4.28. The standard InChI is InChI=1S/C14H12ClN5/c1-10-9-14(16-13-8-7-12(15)17-18-13)20(19-10)11-5-3-2-4-6-11/h2-9H,1H3,(H,16,18). The molecule has 0 saturated carbocycles. The van der Waals surface area contributed by atoms with Gasteiger partial charge in [0.25, 0.3) is 0 Å². The average molecular weight is 286 g/mol. The second-order valence-corrected chi connectivity index (χ2v) is 4.67. The molecule has 0 aliphatic heterocycles. The van der Waals surface area contributed by atoms with E-state index in [0.717, 1.165) is 17.2 Å². The minimum Gasteiger partial charge on any atom is -0.323 e. The SMILES string of the molecule is Cc1cc(Nc2ccc(Cl)nn2)n(-c2ccccc2)n1. The normalized spacial score (nSPS) is 10.5. The largest absolute Gasteiger partial charge is 0.323 e. The molecule has 0 atom stereocenters. The van der Waals surface area contributed by atoms with Crippen LogP contribution in [0.25, 0.3) is 5.69 Å². The number of halogens is 1. The van der Waals surface area contributed by atoms with Crippen molar-refractivity contribution in [3.8, 4) is 5.69 Å². The molecule has 5 nitrogen and oxygen atoms in total. The van der Waals surface area contributed by atoms with Gasteiger partial charge in [0, 0.05) is 6.07 Å². The molecule has 0 bridgehead atoms. The van der Waals surface area contributed by atoms with E-state index in [0.29, 0.717) is 11.0 Å². The van der Waals surface area contributed by atoms with Gasteiger partial charge in [0.1, 0.15) is 5.82 Å². The Bertz CT molecular complexity index is 706. The fourth-order valence-corrected chi connectivity index (χ4v) is 1.97. The van der Waals surface area contributed by atoms with Crippen molar-refractivity contribution < 1.29 is 0 Å². The molecular formula is C14H12ClN5. The Morgan fingerprint density at radius 1 is 1.05 bits per heavy atom. The smallest absolute Gasteiger partial charge is 0.154 e. The lowest BCUT2D eigenvalue weighted by Crippen LogP contribution is -2.03. The average Bonchev–Trinajstić information content (AvgIpc) is 2.83. The molecule has 1 N–H and O–H groups in total. The van der Waals surface area contributed by atoms with E-state index < -0.39 is 0 Å². The number of para-hydroxylation sites is 1. The van der Waals surface area contributed by atoms with E-state index in [1.165, 1.54) is 0 Å². The summed E-state index contributed by atoms with van der Waals surface area (Å²) in [6.45, 7) is 1.94.